The highest BCUT2D eigenvalue weighted by Crippen LogP contribution is 2.21. The Hall–Kier alpha value is -0.340. The highest BCUT2D eigenvalue weighted by molar-refractivity contribution is 7.86. The molecule has 0 radical (unpaired) electrons. The van der Waals surface area contributed by atoms with E-state index in [9.17, 15) is 13.2 Å². The lowest BCUT2D eigenvalue weighted by Gasteiger charge is -2.33. The minimum absolute atomic E-state index is 0.000000000000000222. The average molecular weight is 279 g/mol. The highest BCUT2D eigenvalue weighted by atomic mass is 32.2. The summed E-state index contributed by atoms with van der Waals surface area (Å²) < 4.78 is 57.5. The second-order valence-electron chi connectivity index (χ2n) is 4.60. The molecule has 106 valence electrons. The van der Waals surface area contributed by atoms with Crippen molar-refractivity contribution in [3.05, 3.63) is 0 Å². The topological polar surface area (TPSA) is 80.4 Å². The molecule has 0 aliphatic carbocycles. The zero-order valence-electron chi connectivity index (χ0n) is 10.5. The first-order valence-electron chi connectivity index (χ1n) is 4.96. The molecule has 17 heavy (non-hydrogen) atoms. The molecule has 0 spiro atoms. The van der Waals surface area contributed by atoms with Crippen molar-refractivity contribution in [2.75, 3.05) is 0 Å². The monoisotopic (exact) mass is 279 g/mol. The van der Waals surface area contributed by atoms with Gasteiger partial charge in [-0.3, -0.25) is 4.55 Å². The smallest absolute Gasteiger partial charge is 0.325 e. The highest BCUT2D eigenvalue weighted by Gasteiger charge is 2.44. The summed E-state index contributed by atoms with van der Waals surface area (Å²) >= 11 is 0. The lowest BCUT2D eigenvalue weighted by molar-refractivity contribution is -0.0510. The molecule has 0 rings (SSSR count). The predicted octanol–water partition coefficient (Wildman–Crippen LogP) is 2.41. The summed E-state index contributed by atoms with van der Waals surface area (Å²) in [7, 11) is -5.84. The maximum atomic E-state index is 10.7. The van der Waals surface area contributed by atoms with Crippen LogP contribution >= 0.6 is 0 Å². The van der Waals surface area contributed by atoms with Crippen molar-refractivity contribution in [2.45, 2.75) is 45.7 Å². The summed E-state index contributed by atoms with van der Waals surface area (Å²) in [5, 5.41) is 0. The molecule has 0 atom stereocenters. The average Bonchev–Trinajstić information content (AvgIpc) is 2.00. The first-order chi connectivity index (χ1) is 7.14. The minimum atomic E-state index is -5.84. The van der Waals surface area contributed by atoms with Crippen LogP contribution in [-0.2, 0) is 10.1 Å². The predicted molar refractivity (Wildman–Crippen MR) is 59.9 cm³/mol. The first-order valence-corrected chi connectivity index (χ1v) is 6.40. The number of nitrogens with two attached hydrogens (primary N) is 1. The molecular weight excluding hydrogens is 259 g/mol. The molecule has 0 aromatic heterocycles. The van der Waals surface area contributed by atoms with Gasteiger partial charge in [-0.15, -0.1) is 0 Å². The second-order valence-corrected chi connectivity index (χ2v) is 6.01. The maximum Gasteiger partial charge on any atom is 0.522 e. The molecule has 0 bridgehead atoms. The Bertz CT molecular complexity index is 311. The van der Waals surface area contributed by atoms with Crippen molar-refractivity contribution in [1.82, 2.24) is 0 Å². The first kappa shape index (κ1) is 19.0. The molecule has 0 unspecified atom stereocenters. The van der Waals surface area contributed by atoms with Gasteiger partial charge in [0, 0.05) is 5.54 Å². The minimum Gasteiger partial charge on any atom is -0.325 e. The van der Waals surface area contributed by atoms with Crippen LogP contribution in [0.4, 0.5) is 13.2 Å². The van der Waals surface area contributed by atoms with E-state index in [0.717, 1.165) is 0 Å². The summed E-state index contributed by atoms with van der Waals surface area (Å²) in [4.78, 5) is 0. The molecule has 0 fully saturated rings. The Morgan fingerprint density at radius 2 is 1.24 bits per heavy atom. The summed E-state index contributed by atoms with van der Waals surface area (Å²) in [6, 6.07) is 0. The number of alkyl halides is 3. The molecule has 0 aliphatic heterocycles. The molecular formula is C9H20F3NO3S. The molecule has 8 heteroatoms. The van der Waals surface area contributed by atoms with Gasteiger partial charge in [-0.25, -0.2) is 0 Å². The van der Waals surface area contributed by atoms with E-state index in [-0.39, 0.29) is 5.54 Å². The van der Waals surface area contributed by atoms with Crippen LogP contribution in [0, 0.1) is 11.8 Å². The second kappa shape index (κ2) is 6.01. The Morgan fingerprint density at radius 3 is 1.24 bits per heavy atom. The van der Waals surface area contributed by atoms with Gasteiger partial charge in [-0.05, 0) is 18.8 Å². The van der Waals surface area contributed by atoms with Crippen molar-refractivity contribution in [2.24, 2.45) is 17.6 Å². The standard InChI is InChI=1S/C8H19N.CHF3O3S/c1-6(2)8(5,9)7(3)4;2-1(3,4)8(5,6)7/h6-7H,9H2,1-5H3;(H,5,6,7). The molecule has 0 aromatic rings. The molecule has 0 amide bonds. The molecule has 0 aliphatic rings. The van der Waals surface area contributed by atoms with Gasteiger partial charge in [0.15, 0.2) is 0 Å². The van der Waals surface area contributed by atoms with Gasteiger partial charge in [-0.1, -0.05) is 27.7 Å². The lowest BCUT2D eigenvalue weighted by Crippen LogP contribution is -2.46. The molecule has 3 N–H and O–H groups in total. The van der Waals surface area contributed by atoms with Gasteiger partial charge in [0.25, 0.3) is 0 Å². The van der Waals surface area contributed by atoms with E-state index < -0.39 is 15.6 Å². The van der Waals surface area contributed by atoms with Crippen LogP contribution < -0.4 is 5.73 Å². The third kappa shape index (κ3) is 6.85. The van der Waals surface area contributed by atoms with Gasteiger partial charge in [0.1, 0.15) is 0 Å². The van der Waals surface area contributed by atoms with Gasteiger partial charge >= 0.3 is 15.6 Å². The summed E-state index contributed by atoms with van der Waals surface area (Å²) in [6.45, 7) is 10.8. The summed E-state index contributed by atoms with van der Waals surface area (Å²) in [6.07, 6.45) is 0. The Morgan fingerprint density at radius 1 is 1.06 bits per heavy atom. The number of hydrogen-bond donors (Lipinski definition) is 2. The fourth-order valence-corrected chi connectivity index (χ4v) is 0.667. The Kier molecular flexibility index (Phi) is 6.72. The molecule has 0 saturated carbocycles. The number of hydrogen-bond acceptors (Lipinski definition) is 3. The van der Waals surface area contributed by atoms with Crippen molar-refractivity contribution in [1.29, 1.82) is 0 Å². The van der Waals surface area contributed by atoms with Crippen LogP contribution in [0.3, 0.4) is 0 Å². The third-order valence-electron chi connectivity index (χ3n) is 2.78. The SMILES string of the molecule is CC(C)C(C)(N)C(C)C.O=S(=O)(O)C(F)(F)F. The number of halogens is 3. The van der Waals surface area contributed by atoms with E-state index in [0.29, 0.717) is 11.8 Å². The van der Waals surface area contributed by atoms with E-state index in [1.165, 1.54) is 0 Å². The van der Waals surface area contributed by atoms with Crippen LogP contribution in [0.2, 0.25) is 0 Å². The van der Waals surface area contributed by atoms with Gasteiger partial charge in [0.2, 0.25) is 0 Å². The Labute approximate surface area is 100 Å². The van der Waals surface area contributed by atoms with Crippen LogP contribution in [0.25, 0.3) is 0 Å². The third-order valence-corrected chi connectivity index (χ3v) is 3.37. The van der Waals surface area contributed by atoms with E-state index in [2.05, 4.69) is 34.6 Å². The summed E-state index contributed by atoms with van der Waals surface area (Å²) in [5.41, 5.74) is 0.468. The van der Waals surface area contributed by atoms with Crippen LogP contribution in [-0.4, -0.2) is 24.0 Å². The zero-order valence-corrected chi connectivity index (χ0v) is 11.4. The van der Waals surface area contributed by atoms with Crippen LogP contribution in [0.5, 0.6) is 0 Å². The van der Waals surface area contributed by atoms with E-state index in [4.69, 9.17) is 18.7 Å². The van der Waals surface area contributed by atoms with Crippen molar-refractivity contribution < 1.29 is 26.1 Å². The lowest BCUT2D eigenvalue weighted by atomic mass is 9.80. The zero-order chi connectivity index (χ0) is 14.7. The maximum absolute atomic E-state index is 10.7. The van der Waals surface area contributed by atoms with Gasteiger partial charge in [0.05, 0.1) is 0 Å². The van der Waals surface area contributed by atoms with Gasteiger partial charge in [-0.2, -0.15) is 21.6 Å². The van der Waals surface area contributed by atoms with Gasteiger partial charge < -0.3 is 5.73 Å². The molecule has 0 saturated heterocycles. The largest absolute Gasteiger partial charge is 0.522 e. The Balaban J connectivity index is 0. The fourth-order valence-electron chi connectivity index (χ4n) is 0.667. The molecule has 0 aromatic carbocycles. The van der Waals surface area contributed by atoms with E-state index in [1.807, 2.05) is 0 Å². The van der Waals surface area contributed by atoms with Crippen molar-refractivity contribution in [3.8, 4) is 0 Å². The molecule has 0 heterocycles. The normalized spacial score (nSPS) is 13.6. The van der Waals surface area contributed by atoms with E-state index >= 15 is 0 Å². The quantitative estimate of drug-likeness (QED) is 0.601. The molecule has 4 nitrogen and oxygen atoms in total. The van der Waals surface area contributed by atoms with Crippen molar-refractivity contribution in [3.63, 3.8) is 0 Å². The number of rotatable bonds is 2. The van der Waals surface area contributed by atoms with E-state index in [1.54, 1.807) is 0 Å². The van der Waals surface area contributed by atoms with Crippen LogP contribution in [0.1, 0.15) is 34.6 Å². The van der Waals surface area contributed by atoms with Crippen LogP contribution in [0.15, 0.2) is 0 Å². The van der Waals surface area contributed by atoms with Crippen molar-refractivity contribution >= 4 is 10.1 Å². The fraction of sp³-hybridized carbons (Fsp3) is 1.00. The summed E-state index contributed by atoms with van der Waals surface area (Å²) in [5.74, 6) is 1.13.